The summed E-state index contributed by atoms with van der Waals surface area (Å²) >= 11 is 18.5. The fourth-order valence-electron chi connectivity index (χ4n) is 3.82. The van der Waals surface area contributed by atoms with E-state index in [4.69, 9.17) is 44.3 Å². The van der Waals surface area contributed by atoms with Crippen molar-refractivity contribution >= 4 is 46.7 Å². The van der Waals surface area contributed by atoms with E-state index in [0.717, 1.165) is 5.56 Å². The molecule has 10 heteroatoms. The van der Waals surface area contributed by atoms with Crippen LogP contribution in [-0.2, 0) is 9.53 Å². The molecule has 1 aliphatic rings. The Labute approximate surface area is 211 Å². The van der Waals surface area contributed by atoms with Gasteiger partial charge in [0.05, 0.1) is 7.11 Å². The van der Waals surface area contributed by atoms with Crippen molar-refractivity contribution in [2.75, 3.05) is 13.7 Å². The molecular formula is C24H20Cl3N3O4. The van der Waals surface area contributed by atoms with Crippen LogP contribution in [0.1, 0.15) is 40.6 Å². The molecule has 0 radical (unpaired) electrons. The molecule has 2 atom stereocenters. The van der Waals surface area contributed by atoms with Crippen molar-refractivity contribution in [2.24, 2.45) is 0 Å². The zero-order valence-electron chi connectivity index (χ0n) is 18.1. The highest BCUT2D eigenvalue weighted by molar-refractivity contribution is 6.35. The van der Waals surface area contributed by atoms with Crippen molar-refractivity contribution in [3.8, 4) is 5.88 Å². The molecule has 1 aromatic heterocycles. The minimum atomic E-state index is -0.625. The number of benzene rings is 2. The van der Waals surface area contributed by atoms with Gasteiger partial charge in [0.15, 0.2) is 11.8 Å². The highest BCUT2D eigenvalue weighted by atomic mass is 35.5. The van der Waals surface area contributed by atoms with Crippen molar-refractivity contribution in [1.82, 2.24) is 15.1 Å². The summed E-state index contributed by atoms with van der Waals surface area (Å²) in [4.78, 5) is 26.3. The molecule has 4 rings (SSSR count). The normalized spacial score (nSPS) is 16.2. The maximum atomic E-state index is 12.9. The second-order valence-electron chi connectivity index (χ2n) is 7.65. The van der Waals surface area contributed by atoms with Crippen LogP contribution in [0.25, 0.3) is 0 Å². The topological polar surface area (TPSA) is 81.6 Å². The quantitative estimate of drug-likeness (QED) is 0.406. The lowest BCUT2D eigenvalue weighted by Crippen LogP contribution is -2.41. The Kier molecular flexibility index (Phi) is 7.56. The Balaban J connectivity index is 1.58. The Bertz CT molecular complexity index is 1190. The summed E-state index contributed by atoms with van der Waals surface area (Å²) in [7, 11) is 1.30. The lowest BCUT2D eigenvalue weighted by atomic mass is 10.0. The number of likely N-dealkylation sites (tertiary alicyclic amines) is 1. The Morgan fingerprint density at radius 3 is 2.38 bits per heavy atom. The lowest BCUT2D eigenvalue weighted by Gasteiger charge is -2.22. The van der Waals surface area contributed by atoms with Crippen molar-refractivity contribution in [3.63, 3.8) is 0 Å². The van der Waals surface area contributed by atoms with Crippen LogP contribution in [0.3, 0.4) is 0 Å². The van der Waals surface area contributed by atoms with Crippen LogP contribution in [0, 0.1) is 0 Å². The van der Waals surface area contributed by atoms with Crippen molar-refractivity contribution in [1.29, 1.82) is 0 Å². The molecule has 1 fully saturated rings. The van der Waals surface area contributed by atoms with E-state index in [9.17, 15) is 9.59 Å². The summed E-state index contributed by atoms with van der Waals surface area (Å²) in [5.74, 6) is -0.639. The maximum absolute atomic E-state index is 12.9. The van der Waals surface area contributed by atoms with Gasteiger partial charge in [-0.15, -0.1) is 10.2 Å². The Morgan fingerprint density at radius 1 is 1.00 bits per heavy atom. The third-order valence-corrected chi connectivity index (χ3v) is 6.32. The summed E-state index contributed by atoms with van der Waals surface area (Å²) in [6.45, 7) is 0.451. The minimum Gasteiger partial charge on any atom is -0.467 e. The van der Waals surface area contributed by atoms with Gasteiger partial charge in [0.2, 0.25) is 5.88 Å². The predicted octanol–water partition coefficient (Wildman–Crippen LogP) is 5.38. The monoisotopic (exact) mass is 519 g/mol. The van der Waals surface area contributed by atoms with Gasteiger partial charge in [0, 0.05) is 33.2 Å². The number of ether oxygens (including phenoxy) is 2. The molecule has 34 heavy (non-hydrogen) atoms. The SMILES string of the molecule is COC(=O)[C@@H]1CCCN1C(=O)c1ccc(OC(c2ccc(Cl)cc2)c2ccc(Cl)cc2Cl)nn1. The van der Waals surface area contributed by atoms with Crippen molar-refractivity contribution in [3.05, 3.63) is 86.5 Å². The van der Waals surface area contributed by atoms with E-state index in [-0.39, 0.29) is 17.5 Å². The number of hydrogen-bond donors (Lipinski definition) is 0. The average molecular weight is 521 g/mol. The van der Waals surface area contributed by atoms with Crippen molar-refractivity contribution in [2.45, 2.75) is 25.0 Å². The van der Waals surface area contributed by atoms with Crippen LogP contribution in [-0.4, -0.2) is 46.7 Å². The molecule has 176 valence electrons. The first-order valence-electron chi connectivity index (χ1n) is 10.5. The molecule has 7 nitrogen and oxygen atoms in total. The standard InChI is InChI=1S/C24H20Cl3N3O4/c1-33-24(32)20-3-2-12-30(20)23(31)19-10-11-21(29-28-19)34-22(14-4-6-15(25)7-5-14)17-9-8-16(26)13-18(17)27/h4-11,13,20,22H,2-3,12H2,1H3/t20-,22?/m0/s1. The largest absolute Gasteiger partial charge is 0.467 e. The van der Waals surface area contributed by atoms with Gasteiger partial charge < -0.3 is 14.4 Å². The highest BCUT2D eigenvalue weighted by Crippen LogP contribution is 2.34. The summed E-state index contributed by atoms with van der Waals surface area (Å²) in [5, 5.41) is 9.63. The third kappa shape index (κ3) is 5.27. The summed E-state index contributed by atoms with van der Waals surface area (Å²) in [5.41, 5.74) is 1.57. The second kappa shape index (κ2) is 10.6. The van der Waals surface area contributed by atoms with Gasteiger partial charge in [-0.05, 0) is 48.7 Å². The van der Waals surface area contributed by atoms with Gasteiger partial charge in [0.25, 0.3) is 5.91 Å². The van der Waals surface area contributed by atoms with Gasteiger partial charge in [-0.2, -0.15) is 0 Å². The van der Waals surface area contributed by atoms with E-state index in [1.165, 1.54) is 18.1 Å². The molecular weight excluding hydrogens is 501 g/mol. The van der Waals surface area contributed by atoms with Crippen LogP contribution in [0.2, 0.25) is 15.1 Å². The number of esters is 1. The molecule has 0 spiro atoms. The molecule has 0 saturated carbocycles. The van der Waals surface area contributed by atoms with Crippen LogP contribution in [0.5, 0.6) is 5.88 Å². The van der Waals surface area contributed by atoms with Gasteiger partial charge >= 0.3 is 5.97 Å². The number of amides is 1. The molecule has 1 aliphatic heterocycles. The van der Waals surface area contributed by atoms with E-state index in [1.54, 1.807) is 36.4 Å². The molecule has 0 N–H and O–H groups in total. The second-order valence-corrected chi connectivity index (χ2v) is 8.93. The lowest BCUT2D eigenvalue weighted by molar-refractivity contribution is -0.145. The zero-order valence-corrected chi connectivity index (χ0v) is 20.3. The minimum absolute atomic E-state index is 0.107. The van der Waals surface area contributed by atoms with E-state index < -0.39 is 18.1 Å². The zero-order chi connectivity index (χ0) is 24.2. The highest BCUT2D eigenvalue weighted by Gasteiger charge is 2.36. The number of carbonyl (C=O) groups excluding carboxylic acids is 2. The summed E-state index contributed by atoms with van der Waals surface area (Å²) < 4.78 is 10.9. The third-order valence-electron chi connectivity index (χ3n) is 5.50. The number of rotatable bonds is 6. The van der Waals surface area contributed by atoms with Crippen LogP contribution < -0.4 is 4.74 Å². The number of methoxy groups -OCH3 is 1. The van der Waals surface area contributed by atoms with E-state index in [0.29, 0.717) is 40.0 Å². The summed E-state index contributed by atoms with van der Waals surface area (Å²) in [6.07, 6.45) is 0.641. The van der Waals surface area contributed by atoms with Crippen LogP contribution >= 0.6 is 34.8 Å². The molecule has 0 bridgehead atoms. The first kappa shape index (κ1) is 24.3. The smallest absolute Gasteiger partial charge is 0.328 e. The van der Waals surface area contributed by atoms with Gasteiger partial charge in [-0.25, -0.2) is 4.79 Å². The number of hydrogen-bond acceptors (Lipinski definition) is 6. The van der Waals surface area contributed by atoms with Crippen LogP contribution in [0.15, 0.2) is 54.6 Å². The number of aromatic nitrogens is 2. The first-order valence-corrected chi connectivity index (χ1v) is 11.6. The fourth-order valence-corrected chi connectivity index (χ4v) is 4.45. The number of halogens is 3. The first-order chi connectivity index (χ1) is 16.4. The molecule has 2 aromatic carbocycles. The number of carbonyl (C=O) groups is 2. The van der Waals surface area contributed by atoms with Crippen molar-refractivity contribution < 1.29 is 19.1 Å². The van der Waals surface area contributed by atoms with E-state index in [2.05, 4.69) is 10.2 Å². The molecule has 1 amide bonds. The van der Waals surface area contributed by atoms with Crippen LogP contribution in [0.4, 0.5) is 0 Å². The molecule has 1 saturated heterocycles. The van der Waals surface area contributed by atoms with Gasteiger partial charge in [-0.3, -0.25) is 4.79 Å². The molecule has 1 unspecified atom stereocenters. The van der Waals surface area contributed by atoms with Gasteiger partial charge in [-0.1, -0.05) is 53.0 Å². The molecule has 0 aliphatic carbocycles. The van der Waals surface area contributed by atoms with E-state index >= 15 is 0 Å². The molecule has 3 aromatic rings. The molecule has 2 heterocycles. The fraction of sp³-hybridized carbons (Fsp3) is 0.250. The maximum Gasteiger partial charge on any atom is 0.328 e. The number of nitrogens with zero attached hydrogens (tertiary/aromatic N) is 3. The van der Waals surface area contributed by atoms with E-state index in [1.807, 2.05) is 12.1 Å². The Morgan fingerprint density at radius 2 is 1.74 bits per heavy atom. The van der Waals surface area contributed by atoms with Gasteiger partial charge in [0.1, 0.15) is 6.04 Å². The summed E-state index contributed by atoms with van der Waals surface area (Å²) in [6, 6.07) is 14.7. The Hall–Kier alpha value is -2.87. The predicted molar refractivity (Wildman–Crippen MR) is 128 cm³/mol. The average Bonchev–Trinajstić information content (AvgIpc) is 3.33.